The molecule has 34 heavy (non-hydrogen) atoms. The van der Waals surface area contributed by atoms with Gasteiger partial charge in [-0.05, 0) is 49.2 Å². The van der Waals surface area contributed by atoms with E-state index in [1.807, 2.05) is 36.1 Å². The van der Waals surface area contributed by atoms with E-state index in [4.69, 9.17) is 5.73 Å². The van der Waals surface area contributed by atoms with Gasteiger partial charge in [-0.1, -0.05) is 18.2 Å². The third kappa shape index (κ3) is 5.28. The normalized spacial score (nSPS) is 15.9. The fourth-order valence-corrected chi connectivity index (χ4v) is 3.76. The van der Waals surface area contributed by atoms with Crippen LogP contribution in [0.3, 0.4) is 0 Å². The predicted molar refractivity (Wildman–Crippen MR) is 123 cm³/mol. The molecule has 0 aliphatic carbocycles. The van der Waals surface area contributed by atoms with Crippen molar-refractivity contribution in [3.63, 3.8) is 0 Å². The molecule has 1 aromatic heterocycles. The molecule has 1 aliphatic rings. The highest BCUT2D eigenvalue weighted by Crippen LogP contribution is 2.33. The van der Waals surface area contributed by atoms with E-state index in [9.17, 15) is 22.4 Å². The lowest BCUT2D eigenvalue weighted by atomic mass is 10.1. The predicted octanol–water partition coefficient (Wildman–Crippen LogP) is 5.08. The van der Waals surface area contributed by atoms with Crippen LogP contribution in [0.25, 0.3) is 0 Å². The Kier molecular flexibility index (Phi) is 6.43. The maximum absolute atomic E-state index is 13.9. The van der Waals surface area contributed by atoms with Gasteiger partial charge in [-0.2, -0.15) is 13.2 Å². The minimum absolute atomic E-state index is 0.0101. The van der Waals surface area contributed by atoms with E-state index in [0.29, 0.717) is 36.7 Å². The number of benzene rings is 2. The third-order valence-electron chi connectivity index (χ3n) is 5.60. The van der Waals surface area contributed by atoms with Gasteiger partial charge in [0.25, 0.3) is 5.91 Å². The van der Waals surface area contributed by atoms with Gasteiger partial charge in [0.1, 0.15) is 5.82 Å². The molecule has 10 heteroatoms. The molecule has 0 radical (unpaired) electrons. The van der Waals surface area contributed by atoms with Gasteiger partial charge < -0.3 is 21.3 Å². The van der Waals surface area contributed by atoms with E-state index in [1.165, 1.54) is 0 Å². The molecule has 2 aromatic carbocycles. The Morgan fingerprint density at radius 1 is 1.15 bits per heavy atom. The lowest BCUT2D eigenvalue weighted by Gasteiger charge is -2.21. The van der Waals surface area contributed by atoms with Gasteiger partial charge in [0.15, 0.2) is 5.82 Å². The van der Waals surface area contributed by atoms with Gasteiger partial charge in [0.05, 0.1) is 23.1 Å². The molecule has 0 bridgehead atoms. The second kappa shape index (κ2) is 9.30. The van der Waals surface area contributed by atoms with Crippen molar-refractivity contribution in [2.24, 2.45) is 5.73 Å². The number of aromatic nitrogens is 1. The Morgan fingerprint density at radius 2 is 1.91 bits per heavy atom. The molecule has 4 N–H and O–H groups in total. The molecule has 2 heterocycles. The van der Waals surface area contributed by atoms with Crippen LogP contribution < -0.4 is 21.3 Å². The van der Waals surface area contributed by atoms with Gasteiger partial charge in [-0.3, -0.25) is 4.79 Å². The van der Waals surface area contributed by atoms with E-state index >= 15 is 0 Å². The second-order valence-electron chi connectivity index (χ2n) is 8.20. The van der Waals surface area contributed by atoms with E-state index in [0.717, 1.165) is 23.7 Å². The average molecular weight is 473 g/mol. The molecule has 1 fully saturated rings. The monoisotopic (exact) mass is 473 g/mol. The summed E-state index contributed by atoms with van der Waals surface area (Å²) >= 11 is 0. The quantitative estimate of drug-likeness (QED) is 0.450. The average Bonchev–Trinajstić information content (AvgIpc) is 3.21. The van der Waals surface area contributed by atoms with Crippen molar-refractivity contribution in [2.75, 3.05) is 28.6 Å². The topological polar surface area (TPSA) is 83.3 Å². The first-order valence-electron chi connectivity index (χ1n) is 10.6. The number of aryl methyl sites for hydroxylation is 1. The number of rotatable bonds is 5. The van der Waals surface area contributed by atoms with E-state index in [-0.39, 0.29) is 11.7 Å². The van der Waals surface area contributed by atoms with Crippen molar-refractivity contribution in [3.8, 4) is 0 Å². The zero-order valence-electron chi connectivity index (χ0n) is 18.3. The minimum Gasteiger partial charge on any atom is -0.369 e. The van der Waals surface area contributed by atoms with Gasteiger partial charge in [0, 0.05) is 30.4 Å². The summed E-state index contributed by atoms with van der Waals surface area (Å²) in [6.07, 6.45) is -2.35. The Hall–Kier alpha value is -3.66. The summed E-state index contributed by atoms with van der Waals surface area (Å²) in [5.41, 5.74) is 6.91. The second-order valence-corrected chi connectivity index (χ2v) is 8.20. The van der Waals surface area contributed by atoms with Crippen molar-refractivity contribution in [1.82, 2.24) is 4.98 Å². The van der Waals surface area contributed by atoms with Gasteiger partial charge >= 0.3 is 6.18 Å². The highest BCUT2D eigenvalue weighted by Gasteiger charge is 2.32. The minimum atomic E-state index is -4.79. The molecule has 1 amide bonds. The number of hydrogen-bond donors (Lipinski definition) is 3. The number of para-hydroxylation sites is 1. The van der Waals surface area contributed by atoms with Crippen LogP contribution in [0.4, 0.5) is 40.4 Å². The molecule has 4 rings (SSSR count). The summed E-state index contributed by atoms with van der Waals surface area (Å²) in [4.78, 5) is 19.3. The number of hydrogen-bond acceptors (Lipinski definition) is 5. The van der Waals surface area contributed by atoms with Crippen LogP contribution in [0, 0.1) is 12.7 Å². The Bertz CT molecular complexity index is 1210. The molecule has 3 aromatic rings. The lowest BCUT2D eigenvalue weighted by Crippen LogP contribution is -2.26. The van der Waals surface area contributed by atoms with Crippen LogP contribution in [0.2, 0.25) is 0 Å². The number of anilines is 4. The van der Waals surface area contributed by atoms with Crippen molar-refractivity contribution in [1.29, 1.82) is 0 Å². The molecule has 1 aliphatic heterocycles. The summed E-state index contributed by atoms with van der Waals surface area (Å²) in [5.74, 6) is -1.76. The van der Waals surface area contributed by atoms with Crippen molar-refractivity contribution < 1.29 is 22.4 Å². The first-order valence-corrected chi connectivity index (χ1v) is 10.6. The maximum Gasteiger partial charge on any atom is 0.416 e. The summed E-state index contributed by atoms with van der Waals surface area (Å²) in [6.45, 7) is 3.21. The van der Waals surface area contributed by atoms with Crippen LogP contribution in [-0.2, 0) is 6.18 Å². The number of carbonyl (C=O) groups excluding carboxylic acids is 1. The fourth-order valence-electron chi connectivity index (χ4n) is 3.76. The number of nitrogens with two attached hydrogens (primary N) is 1. The Balaban J connectivity index is 1.68. The van der Waals surface area contributed by atoms with Crippen LogP contribution in [0.5, 0.6) is 0 Å². The van der Waals surface area contributed by atoms with Crippen LogP contribution in [-0.4, -0.2) is 30.0 Å². The number of amides is 1. The third-order valence-corrected chi connectivity index (χ3v) is 5.60. The number of halogens is 4. The highest BCUT2D eigenvalue weighted by molar-refractivity contribution is 6.06. The molecular formula is C24H23F4N5O. The summed E-state index contributed by atoms with van der Waals surface area (Å²) in [7, 11) is 0. The van der Waals surface area contributed by atoms with Crippen molar-refractivity contribution >= 4 is 28.8 Å². The zero-order valence-corrected chi connectivity index (χ0v) is 18.3. The zero-order chi connectivity index (χ0) is 24.5. The van der Waals surface area contributed by atoms with Crippen LogP contribution in [0.1, 0.15) is 27.9 Å². The molecule has 6 nitrogen and oxygen atoms in total. The summed E-state index contributed by atoms with van der Waals surface area (Å²) in [6, 6.07) is 10.8. The fraction of sp³-hybridized carbons (Fsp3) is 0.250. The van der Waals surface area contributed by atoms with Crippen molar-refractivity contribution in [2.45, 2.75) is 25.6 Å². The maximum atomic E-state index is 13.9. The molecule has 0 saturated carbocycles. The lowest BCUT2D eigenvalue weighted by molar-refractivity contribution is -0.137. The SMILES string of the molecule is Cc1ccccc1Nc1ncc(N2CCC(N)C2)cc1NC(=O)c1cc(F)cc(C(F)(F)F)c1. The van der Waals surface area contributed by atoms with Crippen molar-refractivity contribution in [3.05, 3.63) is 77.2 Å². The van der Waals surface area contributed by atoms with Gasteiger partial charge in [0.2, 0.25) is 0 Å². The standard InChI is InChI=1S/C24H23F4N5O/c1-14-4-2-3-5-20(14)31-22-21(11-19(12-30-22)33-7-6-18(29)13-33)32-23(34)15-8-16(24(26,27)28)10-17(25)9-15/h2-5,8-12,18H,6-7,13,29H2,1H3,(H,30,31)(H,32,34). The molecule has 0 spiro atoms. The highest BCUT2D eigenvalue weighted by atomic mass is 19.4. The summed E-state index contributed by atoms with van der Waals surface area (Å²) in [5, 5.41) is 5.74. The Labute approximate surface area is 193 Å². The van der Waals surface area contributed by atoms with E-state index < -0.39 is 29.0 Å². The van der Waals surface area contributed by atoms with Crippen LogP contribution >= 0.6 is 0 Å². The molecular weight excluding hydrogens is 450 g/mol. The summed E-state index contributed by atoms with van der Waals surface area (Å²) < 4.78 is 53.2. The molecule has 178 valence electrons. The number of alkyl halides is 3. The largest absolute Gasteiger partial charge is 0.416 e. The first-order chi connectivity index (χ1) is 16.1. The van der Waals surface area contributed by atoms with Crippen LogP contribution in [0.15, 0.2) is 54.7 Å². The first kappa shape index (κ1) is 23.5. The van der Waals surface area contributed by atoms with Gasteiger partial charge in [-0.15, -0.1) is 0 Å². The van der Waals surface area contributed by atoms with Gasteiger partial charge in [-0.25, -0.2) is 9.37 Å². The molecule has 1 atom stereocenters. The number of nitrogens with zero attached hydrogens (tertiary/aromatic N) is 2. The number of pyridine rings is 1. The number of nitrogens with one attached hydrogen (secondary N) is 2. The Morgan fingerprint density at radius 3 is 2.59 bits per heavy atom. The smallest absolute Gasteiger partial charge is 0.369 e. The molecule has 1 unspecified atom stereocenters. The number of carbonyl (C=O) groups is 1. The molecule has 1 saturated heterocycles. The van der Waals surface area contributed by atoms with E-state index in [2.05, 4.69) is 15.6 Å². The van der Waals surface area contributed by atoms with E-state index in [1.54, 1.807) is 12.3 Å².